The van der Waals surface area contributed by atoms with Crippen molar-refractivity contribution in [1.82, 2.24) is 5.32 Å². The van der Waals surface area contributed by atoms with Crippen LogP contribution in [0.15, 0.2) is 0 Å². The lowest BCUT2D eigenvalue weighted by Crippen LogP contribution is -2.51. The van der Waals surface area contributed by atoms with Crippen molar-refractivity contribution in [1.29, 1.82) is 0 Å². The summed E-state index contributed by atoms with van der Waals surface area (Å²) in [5.74, 6) is -0.671. The van der Waals surface area contributed by atoms with Crippen LogP contribution in [-0.4, -0.2) is 36.4 Å². The van der Waals surface area contributed by atoms with E-state index in [1.54, 1.807) is 0 Å². The number of hydrogen-bond acceptors (Lipinski definition) is 3. The Morgan fingerprint density at radius 1 is 1.41 bits per heavy atom. The minimum atomic E-state index is -4.38. The van der Waals surface area contributed by atoms with E-state index in [0.717, 1.165) is 0 Å². The number of rotatable bonds is 3. The van der Waals surface area contributed by atoms with Crippen LogP contribution in [0.1, 0.15) is 25.7 Å². The zero-order chi connectivity index (χ0) is 12.7. The number of carbonyl (C=O) groups is 1. The number of carbonyl (C=O) groups excluding carboxylic acids is 1. The third-order valence-electron chi connectivity index (χ3n) is 3.32. The van der Waals surface area contributed by atoms with E-state index in [-0.39, 0.29) is 25.5 Å². The van der Waals surface area contributed by atoms with Gasteiger partial charge in [0.15, 0.2) is 0 Å². The Labute approximate surface area is 96.7 Å². The molecule has 17 heavy (non-hydrogen) atoms. The largest absolute Gasteiger partial charge is 0.411 e. The molecule has 0 spiro atoms. The Morgan fingerprint density at radius 2 is 2.06 bits per heavy atom. The molecule has 2 atom stereocenters. The highest BCUT2D eigenvalue weighted by Gasteiger charge is 2.64. The molecule has 0 aromatic carbocycles. The van der Waals surface area contributed by atoms with Crippen LogP contribution < -0.4 is 11.1 Å². The second kappa shape index (κ2) is 4.13. The van der Waals surface area contributed by atoms with Gasteiger partial charge in [0.25, 0.3) is 0 Å². The molecule has 0 bridgehead atoms. The summed E-state index contributed by atoms with van der Waals surface area (Å²) in [5.41, 5.74) is 3.36. The molecule has 0 aromatic rings. The van der Waals surface area contributed by atoms with Crippen molar-refractivity contribution in [3.8, 4) is 0 Å². The molecule has 98 valence electrons. The van der Waals surface area contributed by atoms with Crippen LogP contribution in [0, 0.1) is 0 Å². The van der Waals surface area contributed by atoms with Crippen LogP contribution in [0.5, 0.6) is 0 Å². The third-order valence-corrected chi connectivity index (χ3v) is 3.32. The molecule has 1 aliphatic heterocycles. The quantitative estimate of drug-likeness (QED) is 0.777. The lowest BCUT2D eigenvalue weighted by atomic mass is 10.1. The van der Waals surface area contributed by atoms with E-state index in [2.05, 4.69) is 5.32 Å². The van der Waals surface area contributed by atoms with Crippen LogP contribution >= 0.6 is 0 Å². The minimum Gasteiger partial charge on any atom is -0.364 e. The average Bonchev–Trinajstić information content (AvgIpc) is 2.88. The SMILES string of the molecule is NCC1CCC(C(=O)NC2(C(F)(F)F)CC2)O1. The summed E-state index contributed by atoms with van der Waals surface area (Å²) in [7, 11) is 0. The summed E-state index contributed by atoms with van der Waals surface area (Å²) >= 11 is 0. The van der Waals surface area contributed by atoms with Crippen molar-refractivity contribution >= 4 is 5.91 Å². The lowest BCUT2D eigenvalue weighted by molar-refractivity contribution is -0.173. The maximum absolute atomic E-state index is 12.6. The zero-order valence-electron chi connectivity index (χ0n) is 9.22. The molecule has 4 nitrogen and oxygen atoms in total. The summed E-state index contributed by atoms with van der Waals surface area (Å²) < 4.78 is 43.1. The van der Waals surface area contributed by atoms with Crippen molar-refractivity contribution in [2.75, 3.05) is 6.54 Å². The molecular formula is C10H15F3N2O2. The average molecular weight is 252 g/mol. The van der Waals surface area contributed by atoms with Crippen LogP contribution in [0.3, 0.4) is 0 Å². The van der Waals surface area contributed by atoms with Gasteiger partial charge in [-0.05, 0) is 25.7 Å². The molecule has 2 aliphatic rings. The molecule has 1 aliphatic carbocycles. The number of nitrogens with two attached hydrogens (primary N) is 1. The van der Waals surface area contributed by atoms with Gasteiger partial charge in [-0.3, -0.25) is 4.79 Å². The van der Waals surface area contributed by atoms with E-state index in [0.29, 0.717) is 12.8 Å². The van der Waals surface area contributed by atoms with Gasteiger partial charge < -0.3 is 15.8 Å². The second-order valence-electron chi connectivity index (χ2n) is 4.63. The van der Waals surface area contributed by atoms with Gasteiger partial charge in [0, 0.05) is 6.54 Å². The number of hydrogen-bond donors (Lipinski definition) is 2. The van der Waals surface area contributed by atoms with Crippen LogP contribution in [0.2, 0.25) is 0 Å². The molecule has 1 saturated heterocycles. The standard InChI is InChI=1S/C10H15F3N2O2/c11-10(12,13)9(3-4-9)15-8(16)7-2-1-6(5-14)17-7/h6-7H,1-5,14H2,(H,15,16). The van der Waals surface area contributed by atoms with Gasteiger partial charge >= 0.3 is 6.18 Å². The Morgan fingerprint density at radius 3 is 2.47 bits per heavy atom. The predicted octanol–water partition coefficient (Wildman–Crippen LogP) is 0.704. The molecule has 1 saturated carbocycles. The number of amides is 1. The molecule has 2 rings (SSSR count). The Hall–Kier alpha value is -0.820. The van der Waals surface area contributed by atoms with Gasteiger partial charge in [0.05, 0.1) is 6.10 Å². The Bertz CT molecular complexity index is 315. The monoisotopic (exact) mass is 252 g/mol. The molecule has 0 aromatic heterocycles. The smallest absolute Gasteiger partial charge is 0.364 e. The van der Waals surface area contributed by atoms with Gasteiger partial charge in [-0.15, -0.1) is 0 Å². The van der Waals surface area contributed by atoms with E-state index in [1.807, 2.05) is 0 Å². The molecule has 0 radical (unpaired) electrons. The third kappa shape index (κ3) is 2.40. The topological polar surface area (TPSA) is 64.4 Å². The summed E-state index contributed by atoms with van der Waals surface area (Å²) in [6, 6.07) is 0. The van der Waals surface area contributed by atoms with Crippen molar-refractivity contribution in [3.05, 3.63) is 0 Å². The van der Waals surface area contributed by atoms with Gasteiger partial charge in [-0.2, -0.15) is 13.2 Å². The number of alkyl halides is 3. The molecule has 2 fully saturated rings. The van der Waals surface area contributed by atoms with Gasteiger partial charge in [0.1, 0.15) is 11.6 Å². The van der Waals surface area contributed by atoms with Crippen LogP contribution in [0.4, 0.5) is 13.2 Å². The fourth-order valence-electron chi connectivity index (χ4n) is 1.99. The first-order valence-electron chi connectivity index (χ1n) is 5.62. The Kier molecular flexibility index (Phi) is 3.07. The highest BCUT2D eigenvalue weighted by molar-refractivity contribution is 5.82. The van der Waals surface area contributed by atoms with Crippen molar-refractivity contribution in [2.24, 2.45) is 5.73 Å². The van der Waals surface area contributed by atoms with E-state index in [1.165, 1.54) is 0 Å². The highest BCUT2D eigenvalue weighted by atomic mass is 19.4. The fraction of sp³-hybridized carbons (Fsp3) is 0.900. The minimum absolute atomic E-state index is 0.0464. The fourth-order valence-corrected chi connectivity index (χ4v) is 1.99. The van der Waals surface area contributed by atoms with Gasteiger partial charge in [-0.25, -0.2) is 0 Å². The highest BCUT2D eigenvalue weighted by Crippen LogP contribution is 2.49. The van der Waals surface area contributed by atoms with Crippen molar-refractivity contribution in [2.45, 2.75) is 49.6 Å². The van der Waals surface area contributed by atoms with Gasteiger partial charge in [0.2, 0.25) is 5.91 Å². The summed E-state index contributed by atoms with van der Waals surface area (Å²) in [5, 5.41) is 2.06. The molecule has 3 N–H and O–H groups in total. The molecular weight excluding hydrogens is 237 g/mol. The van der Waals surface area contributed by atoms with Crippen molar-refractivity contribution in [3.63, 3.8) is 0 Å². The molecule has 7 heteroatoms. The second-order valence-corrected chi connectivity index (χ2v) is 4.63. The maximum atomic E-state index is 12.6. The predicted molar refractivity (Wildman–Crippen MR) is 53.1 cm³/mol. The lowest BCUT2D eigenvalue weighted by Gasteiger charge is -2.22. The van der Waals surface area contributed by atoms with E-state index in [9.17, 15) is 18.0 Å². The first-order chi connectivity index (χ1) is 7.88. The maximum Gasteiger partial charge on any atom is 0.411 e. The molecule has 1 amide bonds. The number of halogens is 3. The first-order valence-corrected chi connectivity index (χ1v) is 5.62. The van der Waals surface area contributed by atoms with E-state index in [4.69, 9.17) is 10.5 Å². The summed E-state index contributed by atoms with van der Waals surface area (Å²) in [6.45, 7) is 0.286. The van der Waals surface area contributed by atoms with E-state index < -0.39 is 23.7 Å². The van der Waals surface area contributed by atoms with Crippen LogP contribution in [-0.2, 0) is 9.53 Å². The Balaban J connectivity index is 1.90. The first kappa shape index (κ1) is 12.6. The zero-order valence-corrected chi connectivity index (χ0v) is 9.22. The number of ether oxygens (including phenoxy) is 1. The molecule has 2 unspecified atom stereocenters. The number of nitrogens with one attached hydrogen (secondary N) is 1. The van der Waals surface area contributed by atoms with Crippen LogP contribution in [0.25, 0.3) is 0 Å². The van der Waals surface area contributed by atoms with E-state index >= 15 is 0 Å². The van der Waals surface area contributed by atoms with Gasteiger partial charge in [-0.1, -0.05) is 0 Å². The summed E-state index contributed by atoms with van der Waals surface area (Å²) in [6.07, 6.45) is -4.43. The van der Waals surface area contributed by atoms with Crippen molar-refractivity contribution < 1.29 is 22.7 Å². The normalized spacial score (nSPS) is 31.3. The summed E-state index contributed by atoms with van der Waals surface area (Å²) in [4.78, 5) is 11.6. The molecule has 1 heterocycles.